The van der Waals surface area contributed by atoms with Gasteiger partial charge in [0.25, 0.3) is 0 Å². The van der Waals surface area contributed by atoms with E-state index in [4.69, 9.17) is 16.7 Å². The van der Waals surface area contributed by atoms with Crippen LogP contribution < -0.4 is 17.0 Å². The van der Waals surface area contributed by atoms with Crippen LogP contribution in [0.1, 0.15) is 37.0 Å². The van der Waals surface area contributed by atoms with E-state index >= 15 is 0 Å². The van der Waals surface area contributed by atoms with E-state index in [9.17, 15) is 14.4 Å². The van der Waals surface area contributed by atoms with Gasteiger partial charge >= 0.3 is 17.3 Å². The molecule has 0 bridgehead atoms. The van der Waals surface area contributed by atoms with Gasteiger partial charge in [0.2, 0.25) is 5.62 Å². The molecule has 3 aromatic rings. The number of hydrogen-bond donors (Lipinski definition) is 2. The largest absolute Gasteiger partial charge is 0.481 e. The number of aryl methyl sites for hydroxylation is 1. The lowest BCUT2D eigenvalue weighted by molar-refractivity contribution is -0.137. The maximum absolute atomic E-state index is 13.2. The average Bonchev–Trinajstić information content (AvgIpc) is 2.73. The molecular formula is C24H27ClN4O4. The van der Waals surface area contributed by atoms with Crippen molar-refractivity contribution in [3.63, 3.8) is 0 Å². The van der Waals surface area contributed by atoms with E-state index in [0.717, 1.165) is 27.7 Å². The molecule has 0 atom stereocenters. The Bertz CT molecular complexity index is 1330. The Morgan fingerprint density at radius 3 is 2.42 bits per heavy atom. The third-order valence-electron chi connectivity index (χ3n) is 5.09. The maximum Gasteiger partial charge on any atom is 0.335 e. The summed E-state index contributed by atoms with van der Waals surface area (Å²) in [5, 5.41) is 9.54. The first-order valence-electron chi connectivity index (χ1n) is 10.7. The van der Waals surface area contributed by atoms with Crippen molar-refractivity contribution in [2.24, 2.45) is 10.9 Å². The molecule has 33 heavy (non-hydrogen) atoms. The second-order valence-corrected chi connectivity index (χ2v) is 8.80. The SMILES string of the molecule is Cc1ccc(Cn2c(=O)n(CCC(=O)O)c(=O)[nH]/c2=N\c2ccc(CC(C)C)c(Cl)c2)cc1. The number of carboxylic acids is 1. The van der Waals surface area contributed by atoms with Gasteiger partial charge in [-0.15, -0.1) is 0 Å². The Morgan fingerprint density at radius 1 is 1.12 bits per heavy atom. The van der Waals surface area contributed by atoms with Gasteiger partial charge in [-0.2, -0.15) is 0 Å². The van der Waals surface area contributed by atoms with Crippen LogP contribution in [0.5, 0.6) is 0 Å². The predicted octanol–water partition coefficient (Wildman–Crippen LogP) is 3.25. The van der Waals surface area contributed by atoms with Crippen molar-refractivity contribution in [3.05, 3.63) is 90.8 Å². The summed E-state index contributed by atoms with van der Waals surface area (Å²) >= 11 is 6.42. The molecule has 0 aliphatic heterocycles. The fourth-order valence-corrected chi connectivity index (χ4v) is 3.65. The average molecular weight is 471 g/mol. The number of hydrogen-bond acceptors (Lipinski definition) is 4. The molecule has 0 saturated heterocycles. The van der Waals surface area contributed by atoms with Crippen LogP contribution in [0.2, 0.25) is 5.02 Å². The highest BCUT2D eigenvalue weighted by Crippen LogP contribution is 2.24. The lowest BCUT2D eigenvalue weighted by Crippen LogP contribution is -2.50. The Labute approximate surface area is 195 Å². The number of aromatic amines is 1. The molecule has 0 amide bonds. The van der Waals surface area contributed by atoms with Crippen molar-refractivity contribution >= 4 is 23.3 Å². The van der Waals surface area contributed by atoms with Crippen LogP contribution in [0.15, 0.2) is 57.0 Å². The van der Waals surface area contributed by atoms with Crippen LogP contribution in [0, 0.1) is 12.8 Å². The number of aliphatic carboxylic acids is 1. The molecular weight excluding hydrogens is 444 g/mol. The van der Waals surface area contributed by atoms with Crippen LogP contribution in [0.25, 0.3) is 0 Å². The number of rotatable bonds is 8. The molecule has 174 valence electrons. The van der Waals surface area contributed by atoms with Crippen LogP contribution in [0.3, 0.4) is 0 Å². The second-order valence-electron chi connectivity index (χ2n) is 8.39. The zero-order valence-electron chi connectivity index (χ0n) is 18.8. The molecule has 1 heterocycles. The van der Waals surface area contributed by atoms with Crippen molar-refractivity contribution in [1.29, 1.82) is 0 Å². The Hall–Kier alpha value is -3.39. The molecule has 0 saturated carbocycles. The first kappa shape index (κ1) is 24.3. The number of nitrogens with zero attached hydrogens (tertiary/aromatic N) is 3. The van der Waals surface area contributed by atoms with E-state index in [-0.39, 0.29) is 25.1 Å². The Balaban J connectivity index is 2.13. The zero-order chi connectivity index (χ0) is 24.1. The van der Waals surface area contributed by atoms with E-state index in [2.05, 4.69) is 23.8 Å². The summed E-state index contributed by atoms with van der Waals surface area (Å²) in [4.78, 5) is 43.8. The topological polar surface area (TPSA) is 109 Å². The van der Waals surface area contributed by atoms with Crippen molar-refractivity contribution < 1.29 is 9.90 Å². The summed E-state index contributed by atoms with van der Waals surface area (Å²) in [6.45, 7) is 6.08. The first-order chi connectivity index (χ1) is 15.6. The van der Waals surface area contributed by atoms with Crippen LogP contribution in [-0.4, -0.2) is 25.2 Å². The number of benzene rings is 2. The highest BCUT2D eigenvalue weighted by atomic mass is 35.5. The summed E-state index contributed by atoms with van der Waals surface area (Å²) in [5.41, 5.74) is 2.10. The van der Waals surface area contributed by atoms with E-state index in [1.54, 1.807) is 12.1 Å². The van der Waals surface area contributed by atoms with Crippen molar-refractivity contribution in [2.75, 3.05) is 0 Å². The summed E-state index contributed by atoms with van der Waals surface area (Å²) < 4.78 is 2.20. The van der Waals surface area contributed by atoms with Crippen molar-refractivity contribution in [1.82, 2.24) is 14.1 Å². The minimum absolute atomic E-state index is 0.0600. The van der Waals surface area contributed by atoms with Gasteiger partial charge in [-0.1, -0.05) is 61.3 Å². The summed E-state index contributed by atoms with van der Waals surface area (Å²) in [5.74, 6) is -0.659. The molecule has 0 unspecified atom stereocenters. The number of aromatic nitrogens is 3. The minimum atomic E-state index is -1.10. The number of carbonyl (C=O) groups is 1. The van der Waals surface area contributed by atoms with Crippen LogP contribution in [-0.2, 0) is 24.3 Å². The Kier molecular flexibility index (Phi) is 7.71. The maximum atomic E-state index is 13.2. The predicted molar refractivity (Wildman–Crippen MR) is 127 cm³/mol. The fraction of sp³-hybridized carbons (Fsp3) is 0.333. The van der Waals surface area contributed by atoms with E-state index in [1.807, 2.05) is 37.3 Å². The molecule has 9 heteroatoms. The first-order valence-corrected chi connectivity index (χ1v) is 11.1. The van der Waals surface area contributed by atoms with Crippen molar-refractivity contribution in [3.8, 4) is 0 Å². The lowest BCUT2D eigenvalue weighted by Gasteiger charge is -2.11. The molecule has 0 radical (unpaired) electrons. The molecule has 2 N–H and O–H groups in total. The third-order valence-corrected chi connectivity index (χ3v) is 5.44. The monoisotopic (exact) mass is 470 g/mol. The normalized spacial score (nSPS) is 11.8. The standard InChI is InChI=1S/C24H27ClN4O4/c1-15(2)12-18-8-9-19(13-20(18)25)26-22-27-23(32)28(11-10-21(30)31)24(33)29(22)14-17-6-4-16(3)5-7-17/h4-9,13,15H,10-12,14H2,1-3H3,(H,30,31)(H,26,27,32). The van der Waals surface area contributed by atoms with E-state index in [1.165, 1.54) is 4.57 Å². The quantitative estimate of drug-likeness (QED) is 0.526. The van der Waals surface area contributed by atoms with Gasteiger partial charge < -0.3 is 5.11 Å². The van der Waals surface area contributed by atoms with Gasteiger partial charge in [0.05, 0.1) is 18.7 Å². The van der Waals surface area contributed by atoms with Gasteiger partial charge in [0.15, 0.2) is 0 Å². The third kappa shape index (κ3) is 6.32. The second kappa shape index (κ2) is 10.5. The summed E-state index contributed by atoms with van der Waals surface area (Å²) in [7, 11) is 0. The number of carboxylic acid groups (broad SMARTS) is 1. The van der Waals surface area contributed by atoms with Gasteiger partial charge in [-0.3, -0.25) is 14.3 Å². The molecule has 8 nitrogen and oxygen atoms in total. The van der Waals surface area contributed by atoms with Gasteiger partial charge in [0, 0.05) is 11.6 Å². The number of H-pyrrole nitrogens is 1. The number of nitrogens with one attached hydrogen (secondary N) is 1. The molecule has 3 rings (SSSR count). The molecule has 0 spiro atoms. The highest BCUT2D eigenvalue weighted by molar-refractivity contribution is 6.31. The Morgan fingerprint density at radius 2 is 1.82 bits per heavy atom. The van der Waals surface area contributed by atoms with Crippen molar-refractivity contribution in [2.45, 2.75) is 46.7 Å². The zero-order valence-corrected chi connectivity index (χ0v) is 19.6. The lowest BCUT2D eigenvalue weighted by atomic mass is 10.0. The van der Waals surface area contributed by atoms with Gasteiger partial charge in [-0.25, -0.2) is 19.1 Å². The summed E-state index contributed by atoms with van der Waals surface area (Å²) in [6.07, 6.45) is 0.472. The molecule has 0 fully saturated rings. The van der Waals surface area contributed by atoms with Gasteiger partial charge in [-0.05, 0) is 42.5 Å². The minimum Gasteiger partial charge on any atom is -0.481 e. The summed E-state index contributed by atoms with van der Waals surface area (Å²) in [6, 6.07) is 13.0. The van der Waals surface area contributed by atoms with E-state index < -0.39 is 17.3 Å². The fourth-order valence-electron chi connectivity index (χ4n) is 3.40. The van der Waals surface area contributed by atoms with Crippen LogP contribution in [0.4, 0.5) is 5.69 Å². The van der Waals surface area contributed by atoms with Crippen LogP contribution >= 0.6 is 11.6 Å². The number of halogens is 1. The highest BCUT2D eigenvalue weighted by Gasteiger charge is 2.12. The molecule has 0 aliphatic rings. The smallest absolute Gasteiger partial charge is 0.335 e. The molecule has 1 aromatic heterocycles. The molecule has 0 aliphatic carbocycles. The molecule has 2 aromatic carbocycles. The van der Waals surface area contributed by atoms with Gasteiger partial charge in [0.1, 0.15) is 0 Å². The van der Waals surface area contributed by atoms with E-state index in [0.29, 0.717) is 16.6 Å².